The molecule has 0 saturated carbocycles. The maximum absolute atomic E-state index is 16.1. The average Bonchev–Trinajstić information content (AvgIpc) is 4.07. The van der Waals surface area contributed by atoms with E-state index >= 15 is 8.78 Å². The van der Waals surface area contributed by atoms with Crippen molar-refractivity contribution in [2.45, 2.75) is 86.9 Å². The highest BCUT2D eigenvalue weighted by Gasteiger charge is 2.56. The number of fused-ring (bicyclic) bond motifs is 2. The molecule has 10 nitrogen and oxygen atoms in total. The van der Waals surface area contributed by atoms with Crippen molar-refractivity contribution in [3.8, 4) is 0 Å². The topological polar surface area (TPSA) is 105 Å². The Balaban J connectivity index is 0.000000149. The van der Waals surface area contributed by atoms with Crippen molar-refractivity contribution in [2.75, 3.05) is 50.1 Å². The van der Waals surface area contributed by atoms with Gasteiger partial charge >= 0.3 is 0 Å². The molecule has 348 valence electrons. The summed E-state index contributed by atoms with van der Waals surface area (Å²) in [6.45, 7) is 3.39. The lowest BCUT2D eigenvalue weighted by Crippen LogP contribution is -2.50. The number of nitrogens with one attached hydrogen (secondary N) is 2. The summed E-state index contributed by atoms with van der Waals surface area (Å²) in [5.41, 5.74) is 2.80. The maximum Gasteiger partial charge on any atom is 0.270 e. The fourth-order valence-electron chi connectivity index (χ4n) is 12.5. The fourth-order valence-corrected chi connectivity index (χ4v) is 12.5. The minimum Gasteiger partial charge on any atom is -0.359 e. The van der Waals surface area contributed by atoms with E-state index in [-0.39, 0.29) is 12.1 Å². The van der Waals surface area contributed by atoms with E-state index in [4.69, 9.17) is 0 Å². The molecule has 68 heavy (non-hydrogen) atoms. The van der Waals surface area contributed by atoms with Gasteiger partial charge in [0.15, 0.2) is 0 Å². The van der Waals surface area contributed by atoms with E-state index in [0.29, 0.717) is 34.6 Å². The second-order valence-electron chi connectivity index (χ2n) is 19.4. The standard InChI is InChI=1S/2C28H28FN3O2/c2*1-30-25(33)17-28(29)22-10-2-3-11-23(22)32(27(28)34)20-12-14-31(15-13-20)24-16-19-8-4-6-18-7-5-9-21(24)26(18)19/h2*2-11,20,24H,12-17H2,1H3,(H,30,33)/t24-,28+;24-,28-/m00/s1. The number of anilines is 2. The van der Waals surface area contributed by atoms with E-state index in [1.165, 1.54) is 57.9 Å². The molecule has 0 aromatic heterocycles. The summed E-state index contributed by atoms with van der Waals surface area (Å²) in [7, 11) is 2.93. The van der Waals surface area contributed by atoms with Crippen molar-refractivity contribution in [1.29, 1.82) is 0 Å². The first kappa shape index (κ1) is 44.0. The van der Waals surface area contributed by atoms with Crippen LogP contribution in [0.2, 0.25) is 0 Å². The van der Waals surface area contributed by atoms with Crippen LogP contribution in [0.3, 0.4) is 0 Å². The summed E-state index contributed by atoms with van der Waals surface area (Å²) in [4.78, 5) is 59.2. The van der Waals surface area contributed by atoms with Crippen molar-refractivity contribution < 1.29 is 28.0 Å². The second-order valence-corrected chi connectivity index (χ2v) is 19.4. The molecule has 2 saturated heterocycles. The van der Waals surface area contributed by atoms with Crippen LogP contribution in [0.25, 0.3) is 21.5 Å². The molecule has 6 aromatic carbocycles. The van der Waals surface area contributed by atoms with Gasteiger partial charge in [-0.3, -0.25) is 29.0 Å². The fraction of sp³-hybridized carbons (Fsp3) is 0.357. The number of carbonyl (C=O) groups is 4. The number of para-hydroxylation sites is 2. The molecule has 4 amide bonds. The van der Waals surface area contributed by atoms with Crippen molar-refractivity contribution >= 4 is 56.5 Å². The van der Waals surface area contributed by atoms with E-state index in [1.54, 1.807) is 46.2 Å². The number of piperidine rings is 2. The Morgan fingerprint density at radius 3 is 1.28 bits per heavy atom. The van der Waals surface area contributed by atoms with Gasteiger partial charge in [0, 0.05) is 75.6 Å². The van der Waals surface area contributed by atoms with Crippen LogP contribution in [0, 0.1) is 0 Å². The minimum atomic E-state index is -2.31. The van der Waals surface area contributed by atoms with Crippen LogP contribution in [0.4, 0.5) is 20.2 Å². The molecular formula is C56H56F2N6O4. The van der Waals surface area contributed by atoms with Gasteiger partial charge in [0.2, 0.25) is 23.2 Å². The lowest BCUT2D eigenvalue weighted by atomic mass is 9.93. The predicted octanol–water partition coefficient (Wildman–Crippen LogP) is 8.50. The first-order valence-corrected chi connectivity index (χ1v) is 24.2. The van der Waals surface area contributed by atoms with Gasteiger partial charge in [-0.2, -0.15) is 0 Å². The Hall–Kier alpha value is -6.50. The smallest absolute Gasteiger partial charge is 0.270 e. The highest BCUT2D eigenvalue weighted by molar-refractivity contribution is 6.10. The Morgan fingerprint density at radius 1 is 0.529 bits per heavy atom. The molecule has 4 atom stereocenters. The SMILES string of the molecule is CNC(=O)C[C@@]1(F)C(=O)N(C2CCN([C@H]3Cc4cccc5cccc3c45)CC2)c2ccccc21.CNC(=O)C[C@]1(F)C(=O)N(C2CCN([C@H]3Cc4cccc5cccc3c45)CC2)c2ccccc21. The molecule has 6 aromatic rings. The van der Waals surface area contributed by atoms with E-state index in [2.05, 4.69) is 93.2 Å². The monoisotopic (exact) mass is 914 g/mol. The van der Waals surface area contributed by atoms with Crippen molar-refractivity contribution in [2.24, 2.45) is 0 Å². The van der Waals surface area contributed by atoms with E-state index in [9.17, 15) is 19.2 Å². The highest BCUT2D eigenvalue weighted by atomic mass is 19.1. The highest BCUT2D eigenvalue weighted by Crippen LogP contribution is 2.50. The zero-order valence-corrected chi connectivity index (χ0v) is 38.5. The Bertz CT molecular complexity index is 2790. The van der Waals surface area contributed by atoms with Crippen molar-refractivity contribution in [3.63, 3.8) is 0 Å². The van der Waals surface area contributed by atoms with Crippen molar-refractivity contribution in [1.82, 2.24) is 20.4 Å². The molecule has 12 heteroatoms. The Morgan fingerprint density at radius 2 is 0.897 bits per heavy atom. The van der Waals surface area contributed by atoms with Gasteiger partial charge in [0.25, 0.3) is 11.8 Å². The van der Waals surface area contributed by atoms with Crippen LogP contribution in [0.15, 0.2) is 121 Å². The molecule has 4 aliphatic heterocycles. The second kappa shape index (κ2) is 17.2. The summed E-state index contributed by atoms with van der Waals surface area (Å²) >= 11 is 0. The lowest BCUT2D eigenvalue weighted by Gasteiger charge is -2.40. The number of hydrogen-bond acceptors (Lipinski definition) is 6. The number of amides is 4. The summed E-state index contributed by atoms with van der Waals surface area (Å²) in [6.07, 6.45) is 4.15. The van der Waals surface area contributed by atoms with Gasteiger partial charge in [-0.25, -0.2) is 8.78 Å². The molecule has 12 rings (SSSR count). The zero-order valence-electron chi connectivity index (χ0n) is 38.5. The van der Waals surface area contributed by atoms with Crippen LogP contribution < -0.4 is 20.4 Å². The first-order valence-electron chi connectivity index (χ1n) is 24.2. The quantitative estimate of drug-likeness (QED) is 0.159. The van der Waals surface area contributed by atoms with Gasteiger partial charge in [-0.15, -0.1) is 0 Å². The van der Waals surface area contributed by atoms with Crippen LogP contribution in [0.1, 0.15) is 84.0 Å². The zero-order chi connectivity index (χ0) is 46.9. The van der Waals surface area contributed by atoms with Gasteiger partial charge in [-0.1, -0.05) is 109 Å². The molecule has 2 fully saturated rings. The Labute approximate surface area is 395 Å². The van der Waals surface area contributed by atoms with Gasteiger partial charge in [-0.05, 0) is 94.5 Å². The van der Waals surface area contributed by atoms with E-state index in [1.807, 2.05) is 12.1 Å². The lowest BCUT2D eigenvalue weighted by molar-refractivity contribution is -0.136. The number of alkyl halides is 2. The molecular weight excluding hydrogens is 859 g/mol. The summed E-state index contributed by atoms with van der Waals surface area (Å²) in [5, 5.41) is 10.3. The minimum absolute atomic E-state index is 0.0771. The van der Waals surface area contributed by atoms with E-state index < -0.39 is 47.8 Å². The van der Waals surface area contributed by atoms with Gasteiger partial charge in [0.05, 0.1) is 24.2 Å². The molecule has 4 heterocycles. The molecule has 0 radical (unpaired) electrons. The van der Waals surface area contributed by atoms with Crippen molar-refractivity contribution in [3.05, 3.63) is 155 Å². The number of nitrogens with zero attached hydrogens (tertiary/aromatic N) is 4. The number of likely N-dealkylation sites (tertiary alicyclic amines) is 2. The maximum atomic E-state index is 16.1. The molecule has 2 N–H and O–H groups in total. The summed E-state index contributed by atoms with van der Waals surface area (Å²) < 4.78 is 32.2. The molecule has 0 unspecified atom stereocenters. The number of rotatable bonds is 8. The Kier molecular flexibility index (Phi) is 11.2. The van der Waals surface area contributed by atoms with Crippen LogP contribution in [-0.4, -0.2) is 85.8 Å². The number of hydrogen-bond donors (Lipinski definition) is 2. The summed E-state index contributed by atoms with van der Waals surface area (Å²) in [5.74, 6) is -2.16. The average molecular weight is 915 g/mol. The van der Waals surface area contributed by atoms with Crippen LogP contribution in [-0.2, 0) is 43.4 Å². The first-order chi connectivity index (χ1) is 33.0. The third-order valence-electron chi connectivity index (χ3n) is 15.9. The molecule has 0 spiro atoms. The largest absolute Gasteiger partial charge is 0.359 e. The van der Waals surface area contributed by atoms with Crippen LogP contribution >= 0.6 is 0 Å². The third-order valence-corrected chi connectivity index (χ3v) is 15.9. The number of benzene rings is 6. The van der Waals surface area contributed by atoms with Gasteiger partial charge < -0.3 is 20.4 Å². The molecule has 0 bridgehead atoms. The number of halogens is 2. The van der Waals surface area contributed by atoms with Gasteiger partial charge in [0.1, 0.15) is 0 Å². The molecule has 2 aliphatic carbocycles. The van der Waals surface area contributed by atoms with Crippen LogP contribution in [0.5, 0.6) is 0 Å². The predicted molar refractivity (Wildman–Crippen MR) is 261 cm³/mol. The third kappa shape index (κ3) is 7.09. The summed E-state index contributed by atoms with van der Waals surface area (Å²) in [6, 6.07) is 40.7. The number of carbonyl (C=O) groups excluding carboxylic acids is 4. The normalized spacial score (nSPS) is 24.6. The molecule has 6 aliphatic rings. The van der Waals surface area contributed by atoms with E-state index in [0.717, 1.165) is 64.7 Å².